The monoisotopic (exact) mass is 358 g/mol. The first kappa shape index (κ1) is 19.3. The fourth-order valence-corrected chi connectivity index (χ4v) is 2.30. The quantitative estimate of drug-likeness (QED) is 0.506. The van der Waals surface area contributed by atoms with E-state index < -0.39 is 0 Å². The first-order valence-corrected chi connectivity index (χ1v) is 8.28. The Morgan fingerprint density at radius 1 is 0.654 bits per heavy atom. The van der Waals surface area contributed by atoms with Crippen molar-refractivity contribution in [3.8, 4) is 22.6 Å². The van der Waals surface area contributed by atoms with Crippen LogP contribution in [0.4, 0.5) is 0 Å². The second-order valence-electron chi connectivity index (χ2n) is 5.37. The third-order valence-corrected chi connectivity index (χ3v) is 3.36. The molecule has 2 aromatic carbocycles. The third-order valence-electron chi connectivity index (χ3n) is 3.36. The van der Waals surface area contributed by atoms with E-state index in [-0.39, 0.29) is 38.4 Å². The Morgan fingerprint density at radius 3 is 1.42 bits per heavy atom. The van der Waals surface area contributed by atoms with E-state index in [4.69, 9.17) is 18.9 Å². The van der Waals surface area contributed by atoms with Crippen LogP contribution in [0.1, 0.15) is 13.8 Å². The molecule has 2 aromatic rings. The van der Waals surface area contributed by atoms with E-state index in [1.54, 1.807) is 0 Å². The van der Waals surface area contributed by atoms with Gasteiger partial charge in [0.1, 0.15) is 37.9 Å². The second kappa shape index (κ2) is 10.1. The van der Waals surface area contributed by atoms with E-state index in [9.17, 15) is 9.59 Å². The van der Waals surface area contributed by atoms with E-state index in [0.29, 0.717) is 11.5 Å². The summed E-state index contributed by atoms with van der Waals surface area (Å²) in [6.07, 6.45) is 0. The molecule has 0 radical (unpaired) electrons. The van der Waals surface area contributed by atoms with Gasteiger partial charge in [0.2, 0.25) is 0 Å². The number of benzene rings is 2. The summed E-state index contributed by atoms with van der Waals surface area (Å²) in [4.78, 5) is 21.7. The van der Waals surface area contributed by atoms with E-state index in [0.717, 1.165) is 11.1 Å². The summed E-state index contributed by atoms with van der Waals surface area (Å²) in [5, 5.41) is 0. The van der Waals surface area contributed by atoms with Crippen molar-refractivity contribution >= 4 is 11.9 Å². The molecule has 0 aromatic heterocycles. The summed E-state index contributed by atoms with van der Waals surface area (Å²) in [5.41, 5.74) is 1.72. The summed E-state index contributed by atoms with van der Waals surface area (Å²) in [7, 11) is 0. The SMILES string of the molecule is CC(=O)OCCOc1ccccc1-c1ccccc1OCCOC(C)=O. The summed E-state index contributed by atoms with van der Waals surface area (Å²) < 4.78 is 21.3. The van der Waals surface area contributed by atoms with Crippen molar-refractivity contribution in [2.75, 3.05) is 26.4 Å². The molecule has 0 unspecified atom stereocenters. The molecule has 0 fully saturated rings. The zero-order valence-corrected chi connectivity index (χ0v) is 14.9. The molecule has 26 heavy (non-hydrogen) atoms. The second-order valence-corrected chi connectivity index (χ2v) is 5.37. The van der Waals surface area contributed by atoms with Gasteiger partial charge in [-0.15, -0.1) is 0 Å². The maximum Gasteiger partial charge on any atom is 0.302 e. The molecule has 138 valence electrons. The number of hydrogen-bond acceptors (Lipinski definition) is 6. The molecule has 6 heteroatoms. The first-order chi connectivity index (χ1) is 12.6. The van der Waals surface area contributed by atoms with Crippen LogP contribution in [0.2, 0.25) is 0 Å². The Morgan fingerprint density at radius 2 is 1.04 bits per heavy atom. The number of carbonyl (C=O) groups excluding carboxylic acids is 2. The highest BCUT2D eigenvalue weighted by Gasteiger charge is 2.11. The largest absolute Gasteiger partial charge is 0.489 e. The van der Waals surface area contributed by atoms with Gasteiger partial charge >= 0.3 is 11.9 Å². The van der Waals surface area contributed by atoms with Crippen LogP contribution in [0, 0.1) is 0 Å². The molecule has 2 rings (SSSR count). The number of ether oxygens (including phenoxy) is 4. The number of esters is 2. The minimum Gasteiger partial charge on any atom is -0.489 e. The summed E-state index contributed by atoms with van der Waals surface area (Å²) in [6.45, 7) is 3.60. The number of carbonyl (C=O) groups is 2. The number of para-hydroxylation sites is 2. The van der Waals surface area contributed by atoms with Crippen LogP contribution in [0.15, 0.2) is 48.5 Å². The van der Waals surface area contributed by atoms with Gasteiger partial charge in [-0.25, -0.2) is 0 Å². The van der Waals surface area contributed by atoms with Crippen molar-refractivity contribution < 1.29 is 28.5 Å². The van der Waals surface area contributed by atoms with Crippen LogP contribution >= 0.6 is 0 Å². The Bertz CT molecular complexity index is 677. The molecule has 0 atom stereocenters. The lowest BCUT2D eigenvalue weighted by atomic mass is 10.0. The van der Waals surface area contributed by atoms with Crippen molar-refractivity contribution in [3.05, 3.63) is 48.5 Å². The summed E-state index contributed by atoms with van der Waals surface area (Å²) in [5.74, 6) is 0.646. The van der Waals surface area contributed by atoms with Gasteiger partial charge in [0.25, 0.3) is 0 Å². The molecule has 0 N–H and O–H groups in total. The van der Waals surface area contributed by atoms with Crippen LogP contribution in [0.3, 0.4) is 0 Å². The van der Waals surface area contributed by atoms with Gasteiger partial charge in [0.05, 0.1) is 0 Å². The molecule has 0 saturated carbocycles. The molecule has 0 spiro atoms. The molecule has 0 bridgehead atoms. The van der Waals surface area contributed by atoms with E-state index in [1.165, 1.54) is 13.8 Å². The fraction of sp³-hybridized carbons (Fsp3) is 0.300. The van der Waals surface area contributed by atoms with Crippen molar-refractivity contribution in [2.24, 2.45) is 0 Å². The van der Waals surface area contributed by atoms with Crippen molar-refractivity contribution in [1.82, 2.24) is 0 Å². The average Bonchev–Trinajstić information content (AvgIpc) is 2.63. The van der Waals surface area contributed by atoms with E-state index in [2.05, 4.69) is 0 Å². The molecule has 0 aliphatic rings. The van der Waals surface area contributed by atoms with Crippen molar-refractivity contribution in [2.45, 2.75) is 13.8 Å². The fourth-order valence-electron chi connectivity index (χ4n) is 2.30. The van der Waals surface area contributed by atoms with Crippen LogP contribution in [-0.4, -0.2) is 38.4 Å². The van der Waals surface area contributed by atoms with Gasteiger partial charge in [0.15, 0.2) is 0 Å². The molecule has 0 aliphatic heterocycles. The predicted octanol–water partition coefficient (Wildman–Crippen LogP) is 3.24. The lowest BCUT2D eigenvalue weighted by molar-refractivity contribution is -0.142. The maximum atomic E-state index is 10.8. The van der Waals surface area contributed by atoms with Crippen molar-refractivity contribution in [1.29, 1.82) is 0 Å². The van der Waals surface area contributed by atoms with Crippen LogP contribution in [0.25, 0.3) is 11.1 Å². The Kier molecular flexibility index (Phi) is 7.49. The highest BCUT2D eigenvalue weighted by atomic mass is 16.6. The highest BCUT2D eigenvalue weighted by Crippen LogP contribution is 2.36. The topological polar surface area (TPSA) is 71.1 Å². The van der Waals surface area contributed by atoms with Crippen LogP contribution in [-0.2, 0) is 19.1 Å². The molecule has 0 heterocycles. The normalized spacial score (nSPS) is 10.1. The van der Waals surface area contributed by atoms with Crippen LogP contribution < -0.4 is 9.47 Å². The zero-order chi connectivity index (χ0) is 18.8. The smallest absolute Gasteiger partial charge is 0.302 e. The molecule has 6 nitrogen and oxygen atoms in total. The minimum absolute atomic E-state index is 0.185. The minimum atomic E-state index is -0.339. The number of hydrogen-bond donors (Lipinski definition) is 0. The Hall–Kier alpha value is -3.02. The lowest BCUT2D eigenvalue weighted by Gasteiger charge is -2.15. The van der Waals surface area contributed by atoms with Crippen LogP contribution in [0.5, 0.6) is 11.5 Å². The summed E-state index contributed by atoms with van der Waals surface area (Å²) >= 11 is 0. The third kappa shape index (κ3) is 6.12. The van der Waals surface area contributed by atoms with Gasteiger partial charge in [-0.3, -0.25) is 9.59 Å². The molecule has 0 aliphatic carbocycles. The lowest BCUT2D eigenvalue weighted by Crippen LogP contribution is -2.11. The first-order valence-electron chi connectivity index (χ1n) is 8.28. The highest BCUT2D eigenvalue weighted by molar-refractivity contribution is 5.75. The van der Waals surface area contributed by atoms with E-state index in [1.807, 2.05) is 48.5 Å². The molecule has 0 amide bonds. The number of rotatable bonds is 9. The van der Waals surface area contributed by atoms with Gasteiger partial charge in [-0.05, 0) is 12.1 Å². The van der Waals surface area contributed by atoms with E-state index >= 15 is 0 Å². The molecular formula is C20H22O6. The van der Waals surface area contributed by atoms with Gasteiger partial charge in [-0.1, -0.05) is 36.4 Å². The van der Waals surface area contributed by atoms with Gasteiger partial charge < -0.3 is 18.9 Å². The van der Waals surface area contributed by atoms with Crippen molar-refractivity contribution in [3.63, 3.8) is 0 Å². The average molecular weight is 358 g/mol. The standard InChI is InChI=1S/C20H22O6/c1-15(21)23-11-13-25-19-9-5-3-7-17(19)18-8-4-6-10-20(18)26-14-12-24-16(2)22/h3-10H,11-14H2,1-2H3. The maximum absolute atomic E-state index is 10.8. The molecular weight excluding hydrogens is 336 g/mol. The Labute approximate surface area is 152 Å². The van der Waals surface area contributed by atoms with Gasteiger partial charge in [0, 0.05) is 25.0 Å². The Balaban J connectivity index is 2.10. The van der Waals surface area contributed by atoms with Gasteiger partial charge in [-0.2, -0.15) is 0 Å². The summed E-state index contributed by atoms with van der Waals surface area (Å²) in [6, 6.07) is 15.1. The molecule has 0 saturated heterocycles. The predicted molar refractivity (Wildman–Crippen MR) is 96.1 cm³/mol. The zero-order valence-electron chi connectivity index (χ0n) is 14.9.